The first-order chi connectivity index (χ1) is 9.95. The van der Waals surface area contributed by atoms with Gasteiger partial charge in [-0.05, 0) is 0 Å². The van der Waals surface area contributed by atoms with E-state index >= 15 is 0 Å². The smallest absolute Gasteiger partial charge is 0.0547 e. The first-order valence-corrected chi connectivity index (χ1v) is 11.4. The van der Waals surface area contributed by atoms with Gasteiger partial charge in [-0.2, -0.15) is 0 Å². The van der Waals surface area contributed by atoms with E-state index in [0.717, 1.165) is 0 Å². The van der Waals surface area contributed by atoms with E-state index in [0.29, 0.717) is 0 Å². The van der Waals surface area contributed by atoms with Crippen LogP contribution in [0.3, 0.4) is 0 Å². The van der Waals surface area contributed by atoms with Crippen LogP contribution in [0.4, 0.5) is 0 Å². The number of rotatable bonds is 9. The third-order valence-corrected chi connectivity index (χ3v) is 7.67. The molecule has 0 aliphatic rings. The lowest BCUT2D eigenvalue weighted by Gasteiger charge is -2.02. The molecule has 0 heterocycles. The Hall–Kier alpha value is -1.13. The van der Waals surface area contributed by atoms with E-state index in [4.69, 9.17) is 0 Å². The van der Waals surface area contributed by atoms with Crippen LogP contribution in [0.2, 0.25) is 12.1 Å². The van der Waals surface area contributed by atoms with Crippen LogP contribution >= 0.6 is 0 Å². The van der Waals surface area contributed by atoms with Gasteiger partial charge in [-0.15, -0.1) is 0 Å². The zero-order valence-corrected chi connectivity index (χ0v) is 15.3. The van der Waals surface area contributed by atoms with E-state index < -0.39 is 0 Å². The summed E-state index contributed by atoms with van der Waals surface area (Å²) in [4.78, 5) is 0. The zero-order valence-electron chi connectivity index (χ0n) is 12.4. The molecule has 0 spiro atoms. The van der Waals surface area contributed by atoms with Crippen LogP contribution < -0.4 is 10.4 Å². The molecule has 0 fully saturated rings. The summed E-state index contributed by atoms with van der Waals surface area (Å²) in [5.41, 5.74) is 0. The molecule has 0 N–H and O–H groups in total. The van der Waals surface area contributed by atoms with E-state index in [2.05, 4.69) is 60.7 Å². The van der Waals surface area contributed by atoms with Crippen LogP contribution in [0.15, 0.2) is 60.7 Å². The third kappa shape index (κ3) is 6.35. The van der Waals surface area contributed by atoms with Crippen molar-refractivity contribution in [2.75, 3.05) is 0 Å². The van der Waals surface area contributed by atoms with Crippen molar-refractivity contribution in [3.63, 3.8) is 0 Å². The van der Waals surface area contributed by atoms with Gasteiger partial charge < -0.3 is 0 Å². The Morgan fingerprint density at radius 2 is 0.900 bits per heavy atom. The summed E-state index contributed by atoms with van der Waals surface area (Å²) in [5, 5.41) is 3.26. The summed E-state index contributed by atoms with van der Waals surface area (Å²) in [6.45, 7) is 0. The van der Waals surface area contributed by atoms with Crippen LogP contribution in [0, 0.1) is 0 Å². The topological polar surface area (TPSA) is 0 Å². The fraction of sp³-hybridized carbons (Fsp3) is 0.333. The van der Waals surface area contributed by atoms with Crippen molar-refractivity contribution in [2.24, 2.45) is 0 Å². The van der Waals surface area contributed by atoms with Crippen LogP contribution in [-0.2, 0) is 0 Å². The molecule has 20 heavy (non-hydrogen) atoms. The second-order valence-corrected chi connectivity index (χ2v) is 9.64. The molecule has 2 aromatic rings. The Labute approximate surface area is 128 Å². The number of benzene rings is 2. The fourth-order valence-corrected chi connectivity index (χ4v) is 5.89. The quantitative estimate of drug-likeness (QED) is 0.492. The molecule has 0 aromatic heterocycles. The average Bonchev–Trinajstić information content (AvgIpc) is 2.52. The van der Waals surface area contributed by atoms with E-state index in [1.54, 1.807) is 10.4 Å². The highest BCUT2D eigenvalue weighted by Crippen LogP contribution is 2.05. The minimum absolute atomic E-state index is 0.0160. The highest BCUT2D eigenvalue weighted by Gasteiger charge is 1.96. The molecule has 0 atom stereocenters. The van der Waals surface area contributed by atoms with E-state index in [1.165, 1.54) is 37.8 Å². The minimum Gasteiger partial charge on any atom is -0.0669 e. The highest BCUT2D eigenvalue weighted by molar-refractivity contribution is 6.53. The largest absolute Gasteiger partial charge is 0.0669 e. The van der Waals surface area contributed by atoms with Gasteiger partial charge in [0, 0.05) is 0 Å². The third-order valence-electron chi connectivity index (χ3n) is 3.87. The summed E-state index contributed by atoms with van der Waals surface area (Å²) in [7, 11) is 0.0320. The molecule has 0 radical (unpaired) electrons. The van der Waals surface area contributed by atoms with Crippen LogP contribution in [0.25, 0.3) is 0 Å². The lowest BCUT2D eigenvalue weighted by molar-refractivity contribution is 0.699. The van der Waals surface area contributed by atoms with Gasteiger partial charge in [-0.3, -0.25) is 0 Å². The van der Waals surface area contributed by atoms with E-state index in [-0.39, 0.29) is 19.0 Å². The highest BCUT2D eigenvalue weighted by atomic mass is 28.2. The Balaban J connectivity index is 1.44. The second kappa shape index (κ2) is 9.73. The molecule has 2 heteroatoms. The summed E-state index contributed by atoms with van der Waals surface area (Å²) in [6, 6.07) is 25.1. The molecule has 0 aliphatic carbocycles. The molecular formula is C18H26Si2. The maximum Gasteiger partial charge on any atom is 0.0547 e. The van der Waals surface area contributed by atoms with Crippen molar-refractivity contribution >= 4 is 29.4 Å². The number of hydrogen-bond acceptors (Lipinski definition) is 0. The summed E-state index contributed by atoms with van der Waals surface area (Å²) in [6.07, 6.45) is 5.80. The SMILES string of the molecule is c1ccc([SiH2]CCCCCC[SiH2]c2ccccc2)cc1. The summed E-state index contributed by atoms with van der Waals surface area (Å²) in [5.74, 6) is 0. The maximum atomic E-state index is 2.30. The first kappa shape index (κ1) is 15.3. The Bertz CT molecular complexity index is 408. The van der Waals surface area contributed by atoms with Gasteiger partial charge in [0.15, 0.2) is 0 Å². The summed E-state index contributed by atoms with van der Waals surface area (Å²) >= 11 is 0. The molecule has 0 unspecified atom stereocenters. The average molecular weight is 299 g/mol. The molecule has 0 nitrogen and oxygen atoms in total. The van der Waals surface area contributed by atoms with E-state index in [1.807, 2.05) is 0 Å². The van der Waals surface area contributed by atoms with Crippen molar-refractivity contribution in [3.05, 3.63) is 60.7 Å². The van der Waals surface area contributed by atoms with Gasteiger partial charge in [-0.1, -0.05) is 109 Å². The molecule has 0 aliphatic heterocycles. The summed E-state index contributed by atoms with van der Waals surface area (Å²) < 4.78 is 0. The maximum absolute atomic E-state index is 2.30. The van der Waals surface area contributed by atoms with Crippen molar-refractivity contribution in [2.45, 2.75) is 37.8 Å². The van der Waals surface area contributed by atoms with Gasteiger partial charge >= 0.3 is 0 Å². The van der Waals surface area contributed by atoms with E-state index in [9.17, 15) is 0 Å². The molecule has 106 valence electrons. The standard InChI is InChI=1S/C18H26Si2/c1(9-15-19-17-11-5-3-6-12-17)2-10-16-20-18-13-7-4-8-14-18/h3-8,11-14H,1-2,9-10,15-16,19-20H2. The fourth-order valence-electron chi connectivity index (χ4n) is 2.65. The van der Waals surface area contributed by atoms with Gasteiger partial charge in [-0.25, -0.2) is 0 Å². The lowest BCUT2D eigenvalue weighted by Crippen LogP contribution is -2.12. The van der Waals surface area contributed by atoms with Crippen LogP contribution in [0.5, 0.6) is 0 Å². The molecule has 0 bridgehead atoms. The molecule has 2 aromatic carbocycles. The second-order valence-electron chi connectivity index (χ2n) is 5.59. The molecule has 0 amide bonds. The van der Waals surface area contributed by atoms with Crippen molar-refractivity contribution in [3.8, 4) is 0 Å². The predicted molar refractivity (Wildman–Crippen MR) is 97.3 cm³/mol. The number of hydrogen-bond donors (Lipinski definition) is 0. The minimum atomic E-state index is 0.0160. The van der Waals surface area contributed by atoms with Gasteiger partial charge in [0.2, 0.25) is 0 Å². The predicted octanol–water partition coefficient (Wildman–Crippen LogP) is 2.37. The van der Waals surface area contributed by atoms with Crippen molar-refractivity contribution in [1.29, 1.82) is 0 Å². The van der Waals surface area contributed by atoms with Gasteiger partial charge in [0.25, 0.3) is 0 Å². The molecular weight excluding hydrogens is 272 g/mol. The van der Waals surface area contributed by atoms with Gasteiger partial charge in [0.05, 0.1) is 19.0 Å². The Kier molecular flexibility index (Phi) is 7.42. The molecule has 0 saturated heterocycles. The molecule has 2 rings (SSSR count). The van der Waals surface area contributed by atoms with Crippen LogP contribution in [0.1, 0.15) is 25.7 Å². The van der Waals surface area contributed by atoms with Crippen LogP contribution in [-0.4, -0.2) is 19.0 Å². The lowest BCUT2D eigenvalue weighted by atomic mass is 10.2. The monoisotopic (exact) mass is 298 g/mol. The molecule has 0 saturated carbocycles. The zero-order chi connectivity index (χ0) is 13.9. The Morgan fingerprint density at radius 1 is 0.500 bits per heavy atom. The number of unbranched alkanes of at least 4 members (excludes halogenated alkanes) is 3. The Morgan fingerprint density at radius 3 is 1.30 bits per heavy atom. The van der Waals surface area contributed by atoms with Gasteiger partial charge in [0.1, 0.15) is 0 Å². The van der Waals surface area contributed by atoms with Crippen molar-refractivity contribution < 1.29 is 0 Å². The van der Waals surface area contributed by atoms with Crippen molar-refractivity contribution in [1.82, 2.24) is 0 Å². The first-order valence-electron chi connectivity index (χ1n) is 8.03. The normalized spacial score (nSPS) is 11.8.